The van der Waals surface area contributed by atoms with Crippen molar-refractivity contribution in [3.63, 3.8) is 0 Å². The Labute approximate surface area is 139 Å². The number of ketones is 1. The Morgan fingerprint density at radius 3 is 2.91 bits per heavy atom. The summed E-state index contributed by atoms with van der Waals surface area (Å²) in [6.45, 7) is 3.77. The standard InChI is InChI=1S/C18H17N3OS/c1-2-15-17(16(22)13-7-3-4-8-13)23-18(21-15)20-14-9-5-6-12(10-14)11-19/h2,5-6,9-10,13H,1,3-4,7-8H2,(H,20,21). The van der Waals surface area contributed by atoms with E-state index in [9.17, 15) is 4.79 Å². The van der Waals surface area contributed by atoms with Crippen molar-refractivity contribution in [1.82, 2.24) is 4.98 Å². The van der Waals surface area contributed by atoms with Gasteiger partial charge in [0, 0.05) is 11.6 Å². The van der Waals surface area contributed by atoms with Crippen LogP contribution >= 0.6 is 11.3 Å². The molecule has 0 aliphatic heterocycles. The van der Waals surface area contributed by atoms with Crippen LogP contribution in [0.15, 0.2) is 30.8 Å². The fourth-order valence-corrected chi connectivity index (χ4v) is 3.87. The Morgan fingerprint density at radius 2 is 2.22 bits per heavy atom. The summed E-state index contributed by atoms with van der Waals surface area (Å²) in [7, 11) is 0. The topological polar surface area (TPSA) is 65.8 Å². The highest BCUT2D eigenvalue weighted by Crippen LogP contribution is 2.34. The van der Waals surface area contributed by atoms with Gasteiger partial charge in [-0.1, -0.05) is 36.8 Å². The van der Waals surface area contributed by atoms with Gasteiger partial charge in [0.2, 0.25) is 0 Å². The summed E-state index contributed by atoms with van der Waals surface area (Å²) < 4.78 is 0. The van der Waals surface area contributed by atoms with E-state index in [0.717, 1.165) is 31.4 Å². The number of nitrogens with one attached hydrogen (secondary N) is 1. The minimum absolute atomic E-state index is 0.129. The van der Waals surface area contributed by atoms with Crippen molar-refractivity contribution in [2.75, 3.05) is 5.32 Å². The number of nitriles is 1. The number of nitrogens with zero attached hydrogens (tertiary/aromatic N) is 2. The highest BCUT2D eigenvalue weighted by Gasteiger charge is 2.27. The Balaban J connectivity index is 1.85. The Morgan fingerprint density at radius 1 is 1.43 bits per heavy atom. The molecular formula is C18H17N3OS. The molecule has 1 aromatic carbocycles. The monoisotopic (exact) mass is 323 g/mol. The lowest BCUT2D eigenvalue weighted by Crippen LogP contribution is -2.10. The lowest BCUT2D eigenvalue weighted by Gasteiger charge is -2.05. The van der Waals surface area contributed by atoms with E-state index in [1.165, 1.54) is 11.3 Å². The number of aromatic nitrogens is 1. The van der Waals surface area contributed by atoms with Gasteiger partial charge in [-0.3, -0.25) is 4.79 Å². The number of anilines is 2. The first-order valence-electron chi connectivity index (χ1n) is 7.66. The fraction of sp³-hybridized carbons (Fsp3) is 0.278. The van der Waals surface area contributed by atoms with Crippen molar-refractivity contribution in [1.29, 1.82) is 5.26 Å². The van der Waals surface area contributed by atoms with E-state index in [0.29, 0.717) is 21.3 Å². The van der Waals surface area contributed by atoms with Crippen LogP contribution in [0.3, 0.4) is 0 Å². The molecule has 0 spiro atoms. The van der Waals surface area contributed by atoms with Crippen LogP contribution in [-0.4, -0.2) is 10.8 Å². The first kappa shape index (κ1) is 15.4. The number of benzene rings is 1. The molecule has 23 heavy (non-hydrogen) atoms. The van der Waals surface area contributed by atoms with Gasteiger partial charge in [-0.15, -0.1) is 0 Å². The van der Waals surface area contributed by atoms with Gasteiger partial charge in [0.25, 0.3) is 0 Å². The maximum atomic E-state index is 12.6. The zero-order chi connectivity index (χ0) is 16.2. The van der Waals surface area contributed by atoms with Gasteiger partial charge in [0.1, 0.15) is 0 Å². The molecule has 1 aliphatic carbocycles. The normalized spacial score (nSPS) is 14.4. The second-order valence-electron chi connectivity index (χ2n) is 5.60. The number of hydrogen-bond donors (Lipinski definition) is 1. The lowest BCUT2D eigenvalue weighted by atomic mass is 10.0. The Kier molecular flexibility index (Phi) is 4.54. The van der Waals surface area contributed by atoms with E-state index >= 15 is 0 Å². The molecule has 3 rings (SSSR count). The van der Waals surface area contributed by atoms with Crippen molar-refractivity contribution in [3.8, 4) is 6.07 Å². The number of carbonyl (C=O) groups excluding carboxylic acids is 1. The van der Waals surface area contributed by atoms with Crippen molar-refractivity contribution in [2.45, 2.75) is 25.7 Å². The molecule has 0 radical (unpaired) electrons. The number of carbonyl (C=O) groups is 1. The van der Waals surface area contributed by atoms with Crippen molar-refractivity contribution in [2.24, 2.45) is 5.92 Å². The van der Waals surface area contributed by atoms with Crippen LogP contribution in [0.2, 0.25) is 0 Å². The molecule has 0 amide bonds. The van der Waals surface area contributed by atoms with Crippen LogP contribution in [0.25, 0.3) is 6.08 Å². The summed E-state index contributed by atoms with van der Waals surface area (Å²) in [6, 6.07) is 9.30. The molecule has 2 aromatic rings. The van der Waals surface area contributed by atoms with Crippen molar-refractivity contribution >= 4 is 34.0 Å². The van der Waals surface area contributed by atoms with E-state index < -0.39 is 0 Å². The first-order chi connectivity index (χ1) is 11.2. The van der Waals surface area contributed by atoms with E-state index in [4.69, 9.17) is 5.26 Å². The third-order valence-corrected chi connectivity index (χ3v) is 5.04. The molecule has 1 aliphatic rings. The zero-order valence-corrected chi connectivity index (χ0v) is 13.5. The van der Waals surface area contributed by atoms with E-state index in [1.54, 1.807) is 18.2 Å². The largest absolute Gasteiger partial charge is 0.331 e. The van der Waals surface area contributed by atoms with Crippen LogP contribution in [0.1, 0.15) is 46.6 Å². The molecule has 5 heteroatoms. The molecule has 0 bridgehead atoms. The summed E-state index contributed by atoms with van der Waals surface area (Å²) in [4.78, 5) is 17.8. The summed E-state index contributed by atoms with van der Waals surface area (Å²) in [5.41, 5.74) is 2.01. The molecule has 4 nitrogen and oxygen atoms in total. The van der Waals surface area contributed by atoms with Gasteiger partial charge >= 0.3 is 0 Å². The molecule has 1 fully saturated rings. The molecule has 0 saturated heterocycles. The van der Waals surface area contributed by atoms with E-state index in [-0.39, 0.29) is 11.7 Å². The van der Waals surface area contributed by atoms with E-state index in [1.807, 2.05) is 12.1 Å². The first-order valence-corrected chi connectivity index (χ1v) is 8.47. The molecule has 1 aromatic heterocycles. The van der Waals surface area contributed by atoms with Crippen molar-refractivity contribution in [3.05, 3.63) is 47.0 Å². The third kappa shape index (κ3) is 3.33. The average molecular weight is 323 g/mol. The fourth-order valence-electron chi connectivity index (χ4n) is 2.86. The predicted octanol–water partition coefficient (Wildman–Crippen LogP) is 4.77. The van der Waals surface area contributed by atoms with E-state index in [2.05, 4.69) is 22.9 Å². The van der Waals surface area contributed by atoms with Gasteiger partial charge in [0.15, 0.2) is 10.9 Å². The van der Waals surface area contributed by atoms with Gasteiger partial charge in [-0.05, 0) is 37.1 Å². The number of hydrogen-bond acceptors (Lipinski definition) is 5. The lowest BCUT2D eigenvalue weighted by molar-refractivity contribution is 0.0926. The second kappa shape index (κ2) is 6.76. The van der Waals surface area contributed by atoms with Crippen molar-refractivity contribution < 1.29 is 4.79 Å². The summed E-state index contributed by atoms with van der Waals surface area (Å²) >= 11 is 1.36. The van der Waals surface area contributed by atoms with Gasteiger partial charge in [0.05, 0.1) is 22.2 Å². The van der Waals surface area contributed by atoms with Crippen LogP contribution in [0, 0.1) is 17.2 Å². The molecule has 1 saturated carbocycles. The molecule has 116 valence electrons. The highest BCUT2D eigenvalue weighted by molar-refractivity contribution is 7.17. The number of thiazole rings is 1. The van der Waals surface area contributed by atoms with Gasteiger partial charge in [-0.25, -0.2) is 4.98 Å². The molecule has 1 N–H and O–H groups in total. The van der Waals surface area contributed by atoms with Crippen LogP contribution < -0.4 is 5.32 Å². The molecule has 0 unspecified atom stereocenters. The SMILES string of the molecule is C=Cc1nc(Nc2cccc(C#N)c2)sc1C(=O)C1CCCC1. The second-order valence-corrected chi connectivity index (χ2v) is 6.60. The van der Waals surface area contributed by atoms with Crippen LogP contribution in [0.4, 0.5) is 10.8 Å². The molecule has 0 atom stereocenters. The number of rotatable bonds is 5. The minimum Gasteiger partial charge on any atom is -0.331 e. The molecular weight excluding hydrogens is 306 g/mol. The zero-order valence-electron chi connectivity index (χ0n) is 12.7. The minimum atomic E-state index is 0.129. The Hall–Kier alpha value is -2.45. The number of Topliss-reactive ketones (excluding diaryl/α,β-unsaturated/α-hetero) is 1. The Bertz CT molecular complexity index is 782. The molecule has 1 heterocycles. The van der Waals surface area contributed by atoms with Gasteiger partial charge < -0.3 is 5.32 Å². The quantitative estimate of drug-likeness (QED) is 0.805. The summed E-state index contributed by atoms with van der Waals surface area (Å²) in [5, 5.41) is 12.8. The van der Waals surface area contributed by atoms with Crippen LogP contribution in [-0.2, 0) is 0 Å². The predicted molar refractivity (Wildman–Crippen MR) is 92.9 cm³/mol. The van der Waals surface area contributed by atoms with Crippen LogP contribution in [0.5, 0.6) is 0 Å². The maximum absolute atomic E-state index is 12.6. The van der Waals surface area contributed by atoms with Gasteiger partial charge in [-0.2, -0.15) is 5.26 Å². The third-order valence-electron chi connectivity index (χ3n) is 4.04. The highest BCUT2D eigenvalue weighted by atomic mass is 32.1. The summed E-state index contributed by atoms with van der Waals surface area (Å²) in [5.74, 6) is 0.317. The average Bonchev–Trinajstić information content (AvgIpc) is 3.24. The summed E-state index contributed by atoms with van der Waals surface area (Å²) in [6.07, 6.45) is 5.84. The smallest absolute Gasteiger partial charge is 0.188 e. The maximum Gasteiger partial charge on any atom is 0.188 e.